The maximum atomic E-state index is 14.1. The van der Waals surface area contributed by atoms with Gasteiger partial charge in [-0.25, -0.2) is 4.39 Å². The highest BCUT2D eigenvalue weighted by Crippen LogP contribution is 2.33. The van der Waals surface area contributed by atoms with Gasteiger partial charge in [0.05, 0.1) is 5.56 Å². The molecule has 2 nitrogen and oxygen atoms in total. The summed E-state index contributed by atoms with van der Waals surface area (Å²) in [5.41, 5.74) is 1.71. The summed E-state index contributed by atoms with van der Waals surface area (Å²) in [5.74, 6) is -0.624. The van der Waals surface area contributed by atoms with Crippen molar-refractivity contribution in [2.45, 2.75) is 38.9 Å². The minimum absolute atomic E-state index is 0.0236. The second-order valence-corrected chi connectivity index (χ2v) is 6.80. The molecule has 2 aromatic carbocycles. The van der Waals surface area contributed by atoms with Gasteiger partial charge in [-0.05, 0) is 68.1 Å². The van der Waals surface area contributed by atoms with Crippen LogP contribution in [0, 0.1) is 12.7 Å². The highest BCUT2D eigenvalue weighted by atomic mass is 19.4. The molecule has 0 fully saturated rings. The first-order chi connectivity index (χ1) is 13.3. The van der Waals surface area contributed by atoms with Gasteiger partial charge in [0.15, 0.2) is 0 Å². The van der Waals surface area contributed by atoms with Crippen molar-refractivity contribution in [3.8, 4) is 5.75 Å². The average Bonchev–Trinajstić information content (AvgIpc) is 2.99. The van der Waals surface area contributed by atoms with Crippen LogP contribution in [-0.2, 0) is 32.0 Å². The Labute approximate surface area is 161 Å². The van der Waals surface area contributed by atoms with Crippen LogP contribution in [0.2, 0.25) is 0 Å². The highest BCUT2D eigenvalue weighted by Gasteiger charge is 2.34. The van der Waals surface area contributed by atoms with E-state index in [0.29, 0.717) is 13.0 Å². The molecule has 0 saturated carbocycles. The van der Waals surface area contributed by atoms with Gasteiger partial charge < -0.3 is 9.67 Å². The monoisotopic (exact) mass is 391 g/mol. The molecule has 0 aliphatic heterocycles. The molecule has 1 N–H and O–H groups in total. The largest absolute Gasteiger partial charge is 0.508 e. The van der Waals surface area contributed by atoms with Gasteiger partial charge in [0, 0.05) is 23.5 Å². The lowest BCUT2D eigenvalue weighted by Crippen LogP contribution is -2.13. The number of aromatic nitrogens is 1. The van der Waals surface area contributed by atoms with E-state index in [1.165, 1.54) is 0 Å². The molecule has 0 spiro atoms. The van der Waals surface area contributed by atoms with Crippen LogP contribution < -0.4 is 0 Å². The van der Waals surface area contributed by atoms with Crippen LogP contribution in [0.4, 0.5) is 17.6 Å². The Hall–Kier alpha value is -2.76. The van der Waals surface area contributed by atoms with Gasteiger partial charge in [0.25, 0.3) is 0 Å². The summed E-state index contributed by atoms with van der Waals surface area (Å²) in [6.07, 6.45) is -3.57. The summed E-state index contributed by atoms with van der Waals surface area (Å²) >= 11 is 0. The molecule has 3 rings (SSSR count). The Bertz CT molecular complexity index is 942. The van der Waals surface area contributed by atoms with Crippen molar-refractivity contribution in [2.75, 3.05) is 0 Å². The zero-order valence-electron chi connectivity index (χ0n) is 15.4. The van der Waals surface area contributed by atoms with E-state index in [-0.39, 0.29) is 17.7 Å². The van der Waals surface area contributed by atoms with Crippen molar-refractivity contribution < 1.29 is 22.7 Å². The number of phenolic OH excluding ortho intramolecular Hbond substituents is 1. The summed E-state index contributed by atoms with van der Waals surface area (Å²) < 4.78 is 55.7. The third-order valence-corrected chi connectivity index (χ3v) is 4.91. The summed E-state index contributed by atoms with van der Waals surface area (Å²) in [6.45, 7) is 2.59. The van der Waals surface area contributed by atoms with Crippen LogP contribution in [0.1, 0.15) is 28.1 Å². The molecule has 28 heavy (non-hydrogen) atoms. The topological polar surface area (TPSA) is 25.2 Å². The molecule has 3 aromatic rings. The van der Waals surface area contributed by atoms with E-state index in [1.54, 1.807) is 12.1 Å². The molecule has 1 heterocycles. The average molecular weight is 391 g/mol. The number of halogens is 4. The van der Waals surface area contributed by atoms with Crippen LogP contribution in [0.25, 0.3) is 0 Å². The zero-order valence-corrected chi connectivity index (χ0v) is 15.4. The molecule has 1 aromatic heterocycles. The maximum absolute atomic E-state index is 14.1. The lowest BCUT2D eigenvalue weighted by atomic mass is 10.0. The first kappa shape index (κ1) is 20.0. The number of phenols is 1. The number of rotatable bonds is 6. The highest BCUT2D eigenvalue weighted by molar-refractivity contribution is 5.32. The fraction of sp³-hybridized carbons (Fsp3) is 0.273. The van der Waals surface area contributed by atoms with Gasteiger partial charge in [0.2, 0.25) is 0 Å². The number of hydrogen-bond acceptors (Lipinski definition) is 1. The summed E-state index contributed by atoms with van der Waals surface area (Å²) in [7, 11) is 0. The van der Waals surface area contributed by atoms with Crippen molar-refractivity contribution in [2.24, 2.45) is 0 Å². The molecule has 0 amide bonds. The van der Waals surface area contributed by atoms with Gasteiger partial charge >= 0.3 is 6.18 Å². The molecule has 0 bridgehead atoms. The third-order valence-electron chi connectivity index (χ3n) is 4.91. The number of nitrogens with zero attached hydrogens (tertiary/aromatic N) is 1. The lowest BCUT2D eigenvalue weighted by Gasteiger charge is -2.15. The Morgan fingerprint density at radius 2 is 1.61 bits per heavy atom. The maximum Gasteiger partial charge on any atom is 0.416 e. The molecule has 0 saturated heterocycles. The van der Waals surface area contributed by atoms with E-state index >= 15 is 0 Å². The SMILES string of the molecule is Cc1ccc(CCc2c(F)cccc2C(F)(F)F)n1CCc1ccc(O)cc1. The van der Waals surface area contributed by atoms with Gasteiger partial charge in [-0.1, -0.05) is 18.2 Å². The van der Waals surface area contributed by atoms with E-state index < -0.39 is 17.6 Å². The fourth-order valence-electron chi connectivity index (χ4n) is 3.40. The first-order valence-electron chi connectivity index (χ1n) is 9.03. The van der Waals surface area contributed by atoms with Crippen LogP contribution in [0.5, 0.6) is 5.75 Å². The summed E-state index contributed by atoms with van der Waals surface area (Å²) in [6, 6.07) is 13.8. The van der Waals surface area contributed by atoms with Crippen molar-refractivity contribution in [3.63, 3.8) is 0 Å². The molecule has 0 radical (unpaired) electrons. The molecule has 148 valence electrons. The third kappa shape index (κ3) is 4.55. The Balaban J connectivity index is 1.75. The molecule has 0 aliphatic rings. The Kier molecular flexibility index (Phi) is 5.77. The van der Waals surface area contributed by atoms with Crippen molar-refractivity contribution in [1.29, 1.82) is 0 Å². The van der Waals surface area contributed by atoms with Crippen LogP contribution in [-0.4, -0.2) is 9.67 Å². The molecular weight excluding hydrogens is 370 g/mol. The molecule has 0 atom stereocenters. The van der Waals surface area contributed by atoms with E-state index in [2.05, 4.69) is 0 Å². The minimum Gasteiger partial charge on any atom is -0.508 e. The predicted octanol–water partition coefficient (Wildman–Crippen LogP) is 5.69. The van der Waals surface area contributed by atoms with E-state index in [1.807, 2.05) is 35.8 Å². The fourth-order valence-corrected chi connectivity index (χ4v) is 3.40. The molecule has 0 aliphatic carbocycles. The smallest absolute Gasteiger partial charge is 0.416 e. The normalized spacial score (nSPS) is 11.8. The van der Waals surface area contributed by atoms with E-state index in [9.17, 15) is 22.7 Å². The van der Waals surface area contributed by atoms with Crippen molar-refractivity contribution >= 4 is 0 Å². The number of aromatic hydroxyl groups is 1. The first-order valence-corrected chi connectivity index (χ1v) is 9.03. The zero-order chi connectivity index (χ0) is 20.3. The Morgan fingerprint density at radius 1 is 0.893 bits per heavy atom. The number of alkyl halides is 3. The lowest BCUT2D eigenvalue weighted by molar-refractivity contribution is -0.138. The van der Waals surface area contributed by atoms with Gasteiger partial charge in [0.1, 0.15) is 11.6 Å². The Morgan fingerprint density at radius 3 is 2.29 bits per heavy atom. The van der Waals surface area contributed by atoms with E-state index in [4.69, 9.17) is 0 Å². The van der Waals surface area contributed by atoms with Crippen LogP contribution in [0.15, 0.2) is 54.6 Å². The summed E-state index contributed by atoms with van der Waals surface area (Å²) in [4.78, 5) is 0. The molecule has 6 heteroatoms. The standard InChI is InChI=1S/C22H21F4NO/c1-15-5-8-17(27(15)14-13-16-6-10-18(28)11-7-16)9-12-19-20(22(24,25)26)3-2-4-21(19)23/h2-8,10-11,28H,9,12-14H2,1H3. The second kappa shape index (κ2) is 8.09. The number of hydrogen-bond donors (Lipinski definition) is 1. The second-order valence-electron chi connectivity index (χ2n) is 6.80. The molecular formula is C22H21F4NO. The minimum atomic E-state index is -4.58. The van der Waals surface area contributed by atoms with Crippen LogP contribution >= 0.6 is 0 Å². The van der Waals surface area contributed by atoms with Gasteiger partial charge in [-0.15, -0.1) is 0 Å². The van der Waals surface area contributed by atoms with Gasteiger partial charge in [-0.2, -0.15) is 13.2 Å². The van der Waals surface area contributed by atoms with Crippen LogP contribution in [0.3, 0.4) is 0 Å². The van der Waals surface area contributed by atoms with E-state index in [0.717, 1.165) is 41.6 Å². The number of aryl methyl sites for hydroxylation is 3. The summed E-state index contributed by atoms with van der Waals surface area (Å²) in [5, 5.41) is 9.36. The van der Waals surface area contributed by atoms with Crippen molar-refractivity contribution in [3.05, 3.63) is 88.5 Å². The quantitative estimate of drug-likeness (QED) is 0.537. The van der Waals surface area contributed by atoms with Gasteiger partial charge in [-0.3, -0.25) is 0 Å². The van der Waals surface area contributed by atoms with Crippen molar-refractivity contribution in [1.82, 2.24) is 4.57 Å². The predicted molar refractivity (Wildman–Crippen MR) is 99.8 cm³/mol. The number of benzene rings is 2. The molecule has 0 unspecified atom stereocenters.